The van der Waals surface area contributed by atoms with Gasteiger partial charge in [-0.15, -0.1) is 0 Å². The summed E-state index contributed by atoms with van der Waals surface area (Å²) >= 11 is 0. The van der Waals surface area contributed by atoms with E-state index in [0.717, 1.165) is 26.1 Å². The van der Waals surface area contributed by atoms with Crippen molar-refractivity contribution in [2.75, 3.05) is 19.8 Å². The number of ether oxygens (including phenoxy) is 1. The van der Waals surface area contributed by atoms with Crippen LogP contribution in [0.1, 0.15) is 33.6 Å². The van der Waals surface area contributed by atoms with Crippen molar-refractivity contribution in [2.24, 2.45) is 5.92 Å². The van der Waals surface area contributed by atoms with Gasteiger partial charge in [0, 0.05) is 19.2 Å². The summed E-state index contributed by atoms with van der Waals surface area (Å²) in [5.41, 5.74) is -0.576. The van der Waals surface area contributed by atoms with Crippen LogP contribution in [-0.4, -0.2) is 36.5 Å². The average Bonchev–Trinajstić information content (AvgIpc) is 2.67. The van der Waals surface area contributed by atoms with E-state index in [9.17, 15) is 5.11 Å². The molecule has 2 N–H and O–H groups in total. The molecular formula is C11H23NO2. The fourth-order valence-electron chi connectivity index (χ4n) is 1.62. The van der Waals surface area contributed by atoms with Gasteiger partial charge in [-0.25, -0.2) is 0 Å². The summed E-state index contributed by atoms with van der Waals surface area (Å²) in [7, 11) is 0. The highest BCUT2D eigenvalue weighted by molar-refractivity contribution is 4.80. The lowest BCUT2D eigenvalue weighted by Gasteiger charge is -2.26. The van der Waals surface area contributed by atoms with E-state index in [0.29, 0.717) is 18.5 Å². The molecule has 3 atom stereocenters. The lowest BCUT2D eigenvalue weighted by Crippen LogP contribution is -2.44. The summed E-state index contributed by atoms with van der Waals surface area (Å²) in [4.78, 5) is 0. The average molecular weight is 201 g/mol. The lowest BCUT2D eigenvalue weighted by molar-refractivity contribution is 0.0507. The van der Waals surface area contributed by atoms with Crippen LogP contribution in [0.2, 0.25) is 0 Å². The first-order valence-electron chi connectivity index (χ1n) is 5.58. The number of hydrogen-bond acceptors (Lipinski definition) is 3. The fourth-order valence-corrected chi connectivity index (χ4v) is 1.62. The van der Waals surface area contributed by atoms with Crippen molar-refractivity contribution in [1.29, 1.82) is 0 Å². The van der Waals surface area contributed by atoms with Crippen molar-refractivity contribution < 1.29 is 9.84 Å². The Balaban J connectivity index is 2.23. The molecule has 1 heterocycles. The van der Waals surface area contributed by atoms with Crippen LogP contribution in [0, 0.1) is 5.92 Å². The molecule has 0 aromatic carbocycles. The molecular weight excluding hydrogens is 178 g/mol. The van der Waals surface area contributed by atoms with E-state index in [2.05, 4.69) is 12.2 Å². The maximum Gasteiger partial charge on any atom is 0.0741 e. The first-order chi connectivity index (χ1) is 6.55. The van der Waals surface area contributed by atoms with Crippen molar-refractivity contribution in [3.05, 3.63) is 0 Å². The Morgan fingerprint density at radius 3 is 2.86 bits per heavy atom. The molecule has 1 aliphatic rings. The molecule has 3 nitrogen and oxygen atoms in total. The molecule has 1 aliphatic heterocycles. The molecule has 3 heteroatoms. The molecule has 1 saturated heterocycles. The SMILES string of the molecule is CCC(C)(O)CNC(C)C1CCOC1. The normalized spacial score (nSPS) is 28.7. The minimum atomic E-state index is -0.576. The molecule has 1 rings (SSSR count). The van der Waals surface area contributed by atoms with Crippen LogP contribution in [0.3, 0.4) is 0 Å². The van der Waals surface area contributed by atoms with Gasteiger partial charge < -0.3 is 15.2 Å². The largest absolute Gasteiger partial charge is 0.389 e. The Bertz CT molecular complexity index is 165. The first kappa shape index (κ1) is 12.0. The Morgan fingerprint density at radius 1 is 1.64 bits per heavy atom. The number of hydrogen-bond donors (Lipinski definition) is 2. The Labute approximate surface area is 86.8 Å². The Hall–Kier alpha value is -0.120. The summed E-state index contributed by atoms with van der Waals surface area (Å²) in [5.74, 6) is 0.614. The van der Waals surface area contributed by atoms with Gasteiger partial charge in [0.2, 0.25) is 0 Å². The van der Waals surface area contributed by atoms with Crippen molar-refractivity contribution in [3.63, 3.8) is 0 Å². The molecule has 1 fully saturated rings. The van der Waals surface area contributed by atoms with Crippen molar-refractivity contribution in [3.8, 4) is 0 Å². The standard InChI is InChI=1S/C11H23NO2/c1-4-11(3,13)8-12-9(2)10-5-6-14-7-10/h9-10,12-13H,4-8H2,1-3H3. The van der Waals surface area contributed by atoms with E-state index in [4.69, 9.17) is 4.74 Å². The molecule has 0 aromatic heterocycles. The maximum absolute atomic E-state index is 9.82. The Kier molecular flexibility index (Phi) is 4.35. The number of aliphatic hydroxyl groups is 1. The topological polar surface area (TPSA) is 41.5 Å². The third-order valence-electron chi connectivity index (χ3n) is 3.24. The van der Waals surface area contributed by atoms with Gasteiger partial charge in [0.15, 0.2) is 0 Å². The first-order valence-corrected chi connectivity index (χ1v) is 5.58. The summed E-state index contributed by atoms with van der Waals surface area (Å²) in [5, 5.41) is 13.2. The van der Waals surface area contributed by atoms with Crippen LogP contribution >= 0.6 is 0 Å². The van der Waals surface area contributed by atoms with Crippen LogP contribution in [0.15, 0.2) is 0 Å². The molecule has 0 spiro atoms. The van der Waals surface area contributed by atoms with Gasteiger partial charge in [-0.2, -0.15) is 0 Å². The quantitative estimate of drug-likeness (QED) is 0.701. The third kappa shape index (κ3) is 3.56. The monoisotopic (exact) mass is 201 g/mol. The number of rotatable bonds is 5. The van der Waals surface area contributed by atoms with Crippen LogP contribution in [0.4, 0.5) is 0 Å². The third-order valence-corrected chi connectivity index (χ3v) is 3.24. The predicted octanol–water partition coefficient (Wildman–Crippen LogP) is 1.16. The van der Waals surface area contributed by atoms with Gasteiger partial charge >= 0.3 is 0 Å². The second-order valence-electron chi connectivity index (χ2n) is 4.64. The van der Waals surface area contributed by atoms with Crippen LogP contribution in [0.25, 0.3) is 0 Å². The van der Waals surface area contributed by atoms with E-state index >= 15 is 0 Å². The number of nitrogens with one attached hydrogen (secondary N) is 1. The zero-order valence-corrected chi connectivity index (χ0v) is 9.55. The maximum atomic E-state index is 9.82. The van der Waals surface area contributed by atoms with Gasteiger partial charge in [0.1, 0.15) is 0 Å². The van der Waals surface area contributed by atoms with Gasteiger partial charge in [-0.05, 0) is 32.6 Å². The van der Waals surface area contributed by atoms with E-state index < -0.39 is 5.60 Å². The summed E-state index contributed by atoms with van der Waals surface area (Å²) < 4.78 is 5.33. The lowest BCUT2D eigenvalue weighted by atomic mass is 9.98. The Morgan fingerprint density at radius 2 is 2.36 bits per heavy atom. The molecule has 0 amide bonds. The summed E-state index contributed by atoms with van der Waals surface area (Å²) in [6, 6.07) is 0.440. The van der Waals surface area contributed by atoms with Crippen molar-refractivity contribution in [2.45, 2.75) is 45.3 Å². The summed E-state index contributed by atoms with van der Waals surface area (Å²) in [6.45, 7) is 8.47. The molecule has 0 aliphatic carbocycles. The van der Waals surface area contributed by atoms with Gasteiger partial charge in [-0.1, -0.05) is 6.92 Å². The van der Waals surface area contributed by atoms with E-state index in [1.807, 2.05) is 13.8 Å². The predicted molar refractivity (Wildman–Crippen MR) is 57.3 cm³/mol. The van der Waals surface area contributed by atoms with Crippen LogP contribution in [-0.2, 0) is 4.74 Å². The molecule has 14 heavy (non-hydrogen) atoms. The molecule has 3 unspecified atom stereocenters. The van der Waals surface area contributed by atoms with Gasteiger partial charge in [0.25, 0.3) is 0 Å². The zero-order chi connectivity index (χ0) is 10.6. The smallest absolute Gasteiger partial charge is 0.0741 e. The molecule has 0 aromatic rings. The molecule has 0 saturated carbocycles. The van der Waals surface area contributed by atoms with Crippen molar-refractivity contribution in [1.82, 2.24) is 5.32 Å². The highest BCUT2D eigenvalue weighted by Crippen LogP contribution is 2.17. The fraction of sp³-hybridized carbons (Fsp3) is 1.00. The van der Waals surface area contributed by atoms with Crippen LogP contribution < -0.4 is 5.32 Å². The van der Waals surface area contributed by atoms with E-state index in [-0.39, 0.29) is 0 Å². The van der Waals surface area contributed by atoms with Gasteiger partial charge in [0.05, 0.1) is 12.2 Å². The minimum absolute atomic E-state index is 0.440. The van der Waals surface area contributed by atoms with Crippen molar-refractivity contribution >= 4 is 0 Å². The van der Waals surface area contributed by atoms with Gasteiger partial charge in [-0.3, -0.25) is 0 Å². The van der Waals surface area contributed by atoms with Crippen LogP contribution in [0.5, 0.6) is 0 Å². The second-order valence-corrected chi connectivity index (χ2v) is 4.64. The molecule has 0 bridgehead atoms. The highest BCUT2D eigenvalue weighted by atomic mass is 16.5. The second kappa shape index (κ2) is 5.10. The highest BCUT2D eigenvalue weighted by Gasteiger charge is 2.24. The van der Waals surface area contributed by atoms with E-state index in [1.54, 1.807) is 0 Å². The molecule has 0 radical (unpaired) electrons. The molecule has 84 valence electrons. The minimum Gasteiger partial charge on any atom is -0.389 e. The zero-order valence-electron chi connectivity index (χ0n) is 9.55. The van der Waals surface area contributed by atoms with E-state index in [1.165, 1.54) is 0 Å². The summed E-state index contributed by atoms with van der Waals surface area (Å²) in [6.07, 6.45) is 1.93.